The number of furan rings is 1. The van der Waals surface area contributed by atoms with Crippen molar-refractivity contribution in [2.45, 2.75) is 5.41 Å². The fraction of sp³-hybridized carbons (Fsp3) is 0.00917. The van der Waals surface area contributed by atoms with Crippen molar-refractivity contribution in [2.75, 3.05) is 9.80 Å². The van der Waals surface area contributed by atoms with Crippen LogP contribution in [0.3, 0.4) is 0 Å². The van der Waals surface area contributed by atoms with E-state index in [2.05, 4.69) is 456 Å². The van der Waals surface area contributed by atoms with Crippen LogP contribution in [0.25, 0.3) is 133 Å². The third kappa shape index (κ3) is 11.5. The molecule has 0 saturated carbocycles. The van der Waals surface area contributed by atoms with Crippen molar-refractivity contribution in [3.05, 3.63) is 471 Å². The van der Waals surface area contributed by atoms with Crippen molar-refractivity contribution >= 4 is 99.7 Å². The molecule has 3 aromatic heterocycles. The first kappa shape index (κ1) is 67.1. The molecular formula is C109H74N4O. The predicted octanol–water partition coefficient (Wildman–Crippen LogP) is 29.4. The Morgan fingerprint density at radius 2 is 0.561 bits per heavy atom. The molecule has 0 N–H and O–H groups in total. The number of hydrogen-bond donors (Lipinski definition) is 0. The minimum atomic E-state index is -0.514. The molecule has 0 saturated heterocycles. The second kappa shape index (κ2) is 28.4. The monoisotopic (exact) mass is 1450 g/mol. The Morgan fingerprint density at radius 1 is 0.211 bits per heavy atom. The summed E-state index contributed by atoms with van der Waals surface area (Å²) in [6, 6.07) is 162. The van der Waals surface area contributed by atoms with Gasteiger partial charge < -0.3 is 23.4 Å². The molecule has 0 fully saturated rings. The average Bonchev–Trinajstić information content (AvgIpc) is 1.53. The lowest BCUT2D eigenvalue weighted by Gasteiger charge is -2.35. The number of para-hydroxylation sites is 7. The van der Waals surface area contributed by atoms with E-state index in [0.29, 0.717) is 0 Å². The van der Waals surface area contributed by atoms with Crippen LogP contribution in [0.5, 0.6) is 0 Å². The topological polar surface area (TPSA) is 29.5 Å². The SMILES string of the molecule is c1ccc(-c2ccc(N(c3ccc(-c4cccc(-n5c6ccccc6c6ccccc65)c4)cc3)c3cccc4c3oc3ccccc34)cc2)cc1.c1ccc(-c2ccccc2N(c2ccc(-c3cccc(-n4c5ccccc5c5ccccc54)c3)cc2)c2ccc3c(c2)C(c2ccccc2)(c2ccccc2)c2ccccc2-3)cc1. The van der Waals surface area contributed by atoms with Crippen LogP contribution in [-0.2, 0) is 5.41 Å². The van der Waals surface area contributed by atoms with Gasteiger partial charge in [-0.2, -0.15) is 0 Å². The van der Waals surface area contributed by atoms with Gasteiger partial charge in [-0.3, -0.25) is 0 Å². The van der Waals surface area contributed by atoms with Gasteiger partial charge in [0, 0.05) is 72.0 Å². The third-order valence-electron chi connectivity index (χ3n) is 23.1. The summed E-state index contributed by atoms with van der Waals surface area (Å²) in [7, 11) is 0. The summed E-state index contributed by atoms with van der Waals surface area (Å²) >= 11 is 0. The molecule has 0 atom stereocenters. The van der Waals surface area contributed by atoms with Crippen molar-refractivity contribution in [1.82, 2.24) is 9.13 Å². The van der Waals surface area contributed by atoms with Crippen LogP contribution in [0.1, 0.15) is 22.3 Å². The number of rotatable bonds is 14. The summed E-state index contributed by atoms with van der Waals surface area (Å²) in [6.45, 7) is 0. The van der Waals surface area contributed by atoms with Gasteiger partial charge in [-0.25, -0.2) is 0 Å². The Kier molecular flexibility index (Phi) is 16.7. The molecule has 21 aromatic rings. The number of fused-ring (bicyclic) bond motifs is 12. The zero-order chi connectivity index (χ0) is 75.5. The lowest BCUT2D eigenvalue weighted by Crippen LogP contribution is -2.28. The fourth-order valence-electron chi connectivity index (χ4n) is 18.0. The maximum absolute atomic E-state index is 6.56. The van der Waals surface area contributed by atoms with E-state index >= 15 is 0 Å². The minimum absolute atomic E-state index is 0.514. The number of nitrogens with zero attached hydrogens (tertiary/aromatic N) is 4. The lowest BCUT2D eigenvalue weighted by molar-refractivity contribution is 0.669. The largest absolute Gasteiger partial charge is 0.454 e. The standard InChI is InChI=1S/C61H42N2.C48H32N2O/c1-4-19-44(20-5-1)51-27-11-15-32-58(51)62(48-37-35-43(36-38-48)45-21-18-26-49(41-45)63-59-33-16-12-29-54(59)55-30-13-17-34-60(55)63)50-39-40-53-52-28-10-14-31-56(52)61(57(53)42-50,46-22-6-2-7-23-46)47-24-8-3-9-25-47;1-2-12-33(13-3-1)34-24-28-37(29-25-34)49(46-22-11-19-43-42-18-6-9-23-47(42)51-48(43)46)38-30-26-35(27-31-38)36-14-10-15-39(32-36)50-44-20-7-4-16-40(44)41-17-5-8-21-45(41)50/h1-42H;1-32H. The fourth-order valence-corrected chi connectivity index (χ4v) is 18.0. The van der Waals surface area contributed by atoms with E-state index in [0.717, 1.165) is 78.6 Å². The lowest BCUT2D eigenvalue weighted by atomic mass is 9.67. The highest BCUT2D eigenvalue weighted by Crippen LogP contribution is 2.58. The van der Waals surface area contributed by atoms with Crippen molar-refractivity contribution in [1.29, 1.82) is 0 Å². The molecule has 0 unspecified atom stereocenters. The molecule has 536 valence electrons. The van der Waals surface area contributed by atoms with Gasteiger partial charge in [-0.15, -0.1) is 0 Å². The Labute approximate surface area is 662 Å². The summed E-state index contributed by atoms with van der Waals surface area (Å²) in [5.74, 6) is 0. The molecule has 0 spiro atoms. The molecule has 3 heterocycles. The van der Waals surface area contributed by atoms with Gasteiger partial charge in [-0.05, 0) is 188 Å². The van der Waals surface area contributed by atoms with E-state index in [1.165, 1.54) is 110 Å². The average molecular weight is 1460 g/mol. The molecular weight excluding hydrogens is 1380 g/mol. The first-order valence-corrected chi connectivity index (χ1v) is 39.1. The normalized spacial score (nSPS) is 12.1. The van der Waals surface area contributed by atoms with E-state index in [-0.39, 0.29) is 0 Å². The maximum Gasteiger partial charge on any atom is 0.159 e. The summed E-state index contributed by atoms with van der Waals surface area (Å²) < 4.78 is 11.3. The Morgan fingerprint density at radius 3 is 1.08 bits per heavy atom. The van der Waals surface area contributed by atoms with Crippen molar-refractivity contribution in [3.8, 4) is 67.0 Å². The van der Waals surface area contributed by atoms with Gasteiger partial charge >= 0.3 is 0 Å². The molecule has 1 aliphatic carbocycles. The van der Waals surface area contributed by atoms with E-state index in [1.807, 2.05) is 12.1 Å². The van der Waals surface area contributed by atoms with Crippen LogP contribution in [-0.4, -0.2) is 9.13 Å². The molecule has 22 rings (SSSR count). The highest BCUT2D eigenvalue weighted by Gasteiger charge is 2.46. The van der Waals surface area contributed by atoms with Crippen LogP contribution in [0, 0.1) is 0 Å². The second-order valence-corrected chi connectivity index (χ2v) is 29.4. The Balaban J connectivity index is 0.000000146. The van der Waals surface area contributed by atoms with Crippen LogP contribution in [0.4, 0.5) is 34.1 Å². The molecule has 18 aromatic carbocycles. The molecule has 0 amide bonds. The van der Waals surface area contributed by atoms with Gasteiger partial charge in [0.2, 0.25) is 0 Å². The Bertz CT molecular complexity index is 7000. The Hall–Kier alpha value is -15.0. The van der Waals surface area contributed by atoms with Gasteiger partial charge in [0.25, 0.3) is 0 Å². The van der Waals surface area contributed by atoms with Crippen LogP contribution in [0.15, 0.2) is 453 Å². The number of aromatic nitrogens is 2. The van der Waals surface area contributed by atoms with Crippen LogP contribution in [0.2, 0.25) is 0 Å². The van der Waals surface area contributed by atoms with Crippen molar-refractivity contribution in [2.24, 2.45) is 0 Å². The quantitative estimate of drug-likeness (QED) is 0.109. The summed E-state index contributed by atoms with van der Waals surface area (Å²) in [5, 5.41) is 7.27. The summed E-state index contributed by atoms with van der Waals surface area (Å²) in [4.78, 5) is 4.75. The molecule has 114 heavy (non-hydrogen) atoms. The number of hydrogen-bond acceptors (Lipinski definition) is 3. The molecule has 5 heteroatoms. The van der Waals surface area contributed by atoms with Crippen molar-refractivity contribution in [3.63, 3.8) is 0 Å². The molecule has 5 nitrogen and oxygen atoms in total. The maximum atomic E-state index is 6.56. The number of anilines is 6. The third-order valence-corrected chi connectivity index (χ3v) is 23.1. The second-order valence-electron chi connectivity index (χ2n) is 29.4. The van der Waals surface area contributed by atoms with E-state index in [1.54, 1.807) is 0 Å². The molecule has 0 aliphatic heterocycles. The predicted molar refractivity (Wildman–Crippen MR) is 477 cm³/mol. The molecule has 1 aliphatic rings. The van der Waals surface area contributed by atoms with Crippen LogP contribution >= 0.6 is 0 Å². The summed E-state index contributed by atoms with van der Waals surface area (Å²) in [6.07, 6.45) is 0. The minimum Gasteiger partial charge on any atom is -0.454 e. The summed E-state index contributed by atoms with van der Waals surface area (Å²) in [5.41, 5.74) is 31.8. The first-order chi connectivity index (χ1) is 56.6. The molecule has 0 bridgehead atoms. The van der Waals surface area contributed by atoms with E-state index < -0.39 is 5.41 Å². The number of benzene rings is 18. The van der Waals surface area contributed by atoms with Crippen molar-refractivity contribution < 1.29 is 4.42 Å². The zero-order valence-electron chi connectivity index (χ0n) is 62.4. The van der Waals surface area contributed by atoms with E-state index in [4.69, 9.17) is 4.42 Å². The van der Waals surface area contributed by atoms with Gasteiger partial charge in [0.05, 0.1) is 38.9 Å². The highest BCUT2D eigenvalue weighted by molar-refractivity contribution is 6.12. The van der Waals surface area contributed by atoms with E-state index in [9.17, 15) is 0 Å². The van der Waals surface area contributed by atoms with Crippen LogP contribution < -0.4 is 9.80 Å². The smallest absolute Gasteiger partial charge is 0.159 e. The highest BCUT2D eigenvalue weighted by atomic mass is 16.3. The van der Waals surface area contributed by atoms with Gasteiger partial charge in [-0.1, -0.05) is 334 Å². The zero-order valence-corrected chi connectivity index (χ0v) is 62.4. The molecule has 0 radical (unpaired) electrons. The first-order valence-electron chi connectivity index (χ1n) is 39.1. The van der Waals surface area contributed by atoms with Gasteiger partial charge in [0.15, 0.2) is 5.58 Å². The van der Waals surface area contributed by atoms with Gasteiger partial charge in [0.1, 0.15) is 5.58 Å².